The maximum absolute atomic E-state index is 10.1. The first-order chi connectivity index (χ1) is 8.69. The van der Waals surface area contributed by atoms with Gasteiger partial charge in [0.2, 0.25) is 0 Å². The average Bonchev–Trinajstić information content (AvgIpc) is 2.44. The van der Waals surface area contributed by atoms with E-state index in [1.807, 2.05) is 24.3 Å². The Balaban J connectivity index is 2.59. The highest BCUT2D eigenvalue weighted by molar-refractivity contribution is 5.91. The van der Waals surface area contributed by atoms with E-state index in [0.29, 0.717) is 5.56 Å². The Kier molecular flexibility index (Phi) is 3.81. The van der Waals surface area contributed by atoms with Crippen LogP contribution in [0.25, 0.3) is 10.8 Å². The average molecular weight is 247 g/mol. The third kappa shape index (κ3) is 2.18. The number of benzene rings is 2. The normalized spacial score (nSPS) is 14.4. The molecule has 4 N–H and O–H groups in total. The molecule has 0 aliphatic heterocycles. The van der Waals surface area contributed by atoms with E-state index in [0.717, 1.165) is 16.5 Å². The standard InChI is InChI=1S/C14H17NO3/c1-18-13-7-6-11(14(17)12(16)8-15)9-4-2-3-5-10(9)13/h2-7,12,14,16-17H,8,15H2,1H3. The fourth-order valence-electron chi connectivity index (χ4n) is 2.07. The van der Waals surface area contributed by atoms with E-state index >= 15 is 0 Å². The monoisotopic (exact) mass is 247 g/mol. The molecule has 0 aliphatic rings. The maximum Gasteiger partial charge on any atom is 0.126 e. The summed E-state index contributed by atoms with van der Waals surface area (Å²) in [5.74, 6) is 0.740. The zero-order chi connectivity index (χ0) is 13.1. The van der Waals surface area contributed by atoms with Gasteiger partial charge in [0, 0.05) is 11.9 Å². The SMILES string of the molecule is COc1ccc(C(O)C(O)CN)c2ccccc12. The summed E-state index contributed by atoms with van der Waals surface area (Å²) < 4.78 is 5.28. The molecule has 4 nitrogen and oxygen atoms in total. The lowest BCUT2D eigenvalue weighted by Crippen LogP contribution is -2.27. The number of aliphatic hydroxyl groups excluding tert-OH is 2. The molecule has 2 unspecified atom stereocenters. The number of fused-ring (bicyclic) bond motifs is 1. The van der Waals surface area contributed by atoms with Crippen molar-refractivity contribution in [3.8, 4) is 5.75 Å². The summed E-state index contributed by atoms with van der Waals surface area (Å²) in [6.45, 7) is 0.0154. The molecule has 2 aromatic carbocycles. The molecular weight excluding hydrogens is 230 g/mol. The summed E-state index contributed by atoms with van der Waals surface area (Å²) in [5.41, 5.74) is 6.03. The molecule has 2 aromatic rings. The smallest absolute Gasteiger partial charge is 0.126 e. The van der Waals surface area contributed by atoms with Crippen LogP contribution in [0, 0.1) is 0 Å². The first-order valence-electron chi connectivity index (χ1n) is 5.81. The second-order valence-electron chi connectivity index (χ2n) is 4.15. The van der Waals surface area contributed by atoms with E-state index < -0.39 is 12.2 Å². The molecule has 18 heavy (non-hydrogen) atoms. The lowest BCUT2D eigenvalue weighted by Gasteiger charge is -2.19. The lowest BCUT2D eigenvalue weighted by atomic mass is 9.97. The Hall–Kier alpha value is -1.62. The quantitative estimate of drug-likeness (QED) is 0.759. The molecule has 0 aliphatic carbocycles. The van der Waals surface area contributed by atoms with Gasteiger partial charge in [0.1, 0.15) is 11.9 Å². The van der Waals surface area contributed by atoms with Crippen molar-refractivity contribution in [3.63, 3.8) is 0 Å². The van der Waals surface area contributed by atoms with Gasteiger partial charge >= 0.3 is 0 Å². The van der Waals surface area contributed by atoms with Gasteiger partial charge in [-0.1, -0.05) is 30.3 Å². The van der Waals surface area contributed by atoms with Gasteiger partial charge in [-0.2, -0.15) is 0 Å². The molecule has 0 heterocycles. The highest BCUT2D eigenvalue weighted by Crippen LogP contribution is 2.32. The minimum atomic E-state index is -0.995. The number of nitrogens with two attached hydrogens (primary N) is 1. The molecule has 0 saturated carbocycles. The van der Waals surface area contributed by atoms with Crippen LogP contribution in [0.3, 0.4) is 0 Å². The number of ether oxygens (including phenoxy) is 1. The van der Waals surface area contributed by atoms with Crippen LogP contribution in [0.5, 0.6) is 5.75 Å². The Bertz CT molecular complexity index is 542. The second-order valence-corrected chi connectivity index (χ2v) is 4.15. The van der Waals surface area contributed by atoms with E-state index in [2.05, 4.69) is 0 Å². The second kappa shape index (κ2) is 5.35. The van der Waals surface area contributed by atoms with Crippen molar-refractivity contribution in [1.29, 1.82) is 0 Å². The zero-order valence-corrected chi connectivity index (χ0v) is 10.2. The Morgan fingerprint density at radius 1 is 1.11 bits per heavy atom. The van der Waals surface area contributed by atoms with Crippen LogP contribution < -0.4 is 10.5 Å². The van der Waals surface area contributed by atoms with Crippen LogP contribution in [0.4, 0.5) is 0 Å². The summed E-state index contributed by atoms with van der Waals surface area (Å²) in [4.78, 5) is 0. The summed E-state index contributed by atoms with van der Waals surface area (Å²) in [6.07, 6.45) is -1.97. The van der Waals surface area contributed by atoms with E-state index in [-0.39, 0.29) is 6.54 Å². The minimum absolute atomic E-state index is 0.0154. The first kappa shape index (κ1) is 12.8. The van der Waals surface area contributed by atoms with E-state index in [1.54, 1.807) is 19.2 Å². The van der Waals surface area contributed by atoms with Crippen LogP contribution in [0.15, 0.2) is 36.4 Å². The van der Waals surface area contributed by atoms with Crippen molar-refractivity contribution >= 4 is 10.8 Å². The molecular formula is C14H17NO3. The van der Waals surface area contributed by atoms with Crippen molar-refractivity contribution in [2.24, 2.45) is 5.73 Å². The van der Waals surface area contributed by atoms with Crippen LogP contribution in [-0.4, -0.2) is 30.0 Å². The molecule has 0 bridgehead atoms. The van der Waals surface area contributed by atoms with Crippen molar-refractivity contribution < 1.29 is 14.9 Å². The van der Waals surface area contributed by atoms with Crippen molar-refractivity contribution in [2.75, 3.05) is 13.7 Å². The van der Waals surface area contributed by atoms with Gasteiger partial charge in [-0.05, 0) is 17.0 Å². The molecule has 2 rings (SSSR count). The third-order valence-corrected chi connectivity index (χ3v) is 3.06. The Morgan fingerprint density at radius 3 is 2.39 bits per heavy atom. The molecule has 0 radical (unpaired) electrons. The topological polar surface area (TPSA) is 75.7 Å². The maximum atomic E-state index is 10.1. The van der Waals surface area contributed by atoms with Crippen LogP contribution in [-0.2, 0) is 0 Å². The van der Waals surface area contributed by atoms with Crippen molar-refractivity contribution in [3.05, 3.63) is 42.0 Å². The Labute approximate surface area is 106 Å². The largest absolute Gasteiger partial charge is 0.496 e. The van der Waals surface area contributed by atoms with Crippen molar-refractivity contribution in [1.82, 2.24) is 0 Å². The number of rotatable bonds is 4. The van der Waals surface area contributed by atoms with Gasteiger partial charge in [-0.25, -0.2) is 0 Å². The summed E-state index contributed by atoms with van der Waals surface area (Å²) in [7, 11) is 1.60. The molecule has 2 atom stereocenters. The predicted molar refractivity (Wildman–Crippen MR) is 70.5 cm³/mol. The molecule has 96 valence electrons. The summed E-state index contributed by atoms with van der Waals surface area (Å²) in [6, 6.07) is 11.1. The Morgan fingerprint density at radius 2 is 1.78 bits per heavy atom. The molecule has 4 heteroatoms. The fraction of sp³-hybridized carbons (Fsp3) is 0.286. The van der Waals surface area contributed by atoms with Gasteiger partial charge in [0.15, 0.2) is 0 Å². The van der Waals surface area contributed by atoms with Crippen LogP contribution in [0.2, 0.25) is 0 Å². The lowest BCUT2D eigenvalue weighted by molar-refractivity contribution is 0.0252. The van der Waals surface area contributed by atoms with E-state index in [4.69, 9.17) is 10.5 Å². The highest BCUT2D eigenvalue weighted by Gasteiger charge is 2.19. The number of methoxy groups -OCH3 is 1. The van der Waals surface area contributed by atoms with Crippen molar-refractivity contribution in [2.45, 2.75) is 12.2 Å². The number of aliphatic hydroxyl groups is 2. The van der Waals surface area contributed by atoms with Gasteiger partial charge in [-0.3, -0.25) is 0 Å². The molecule has 0 amide bonds. The van der Waals surface area contributed by atoms with Gasteiger partial charge in [0.25, 0.3) is 0 Å². The minimum Gasteiger partial charge on any atom is -0.496 e. The molecule has 0 spiro atoms. The number of hydrogen-bond donors (Lipinski definition) is 3. The van der Waals surface area contributed by atoms with E-state index in [9.17, 15) is 10.2 Å². The van der Waals surface area contributed by atoms with Crippen LogP contribution in [0.1, 0.15) is 11.7 Å². The predicted octanol–water partition coefficient (Wildman–Crippen LogP) is 1.20. The highest BCUT2D eigenvalue weighted by atomic mass is 16.5. The fourth-order valence-corrected chi connectivity index (χ4v) is 2.07. The van der Waals surface area contributed by atoms with Gasteiger partial charge in [0.05, 0.1) is 13.2 Å². The van der Waals surface area contributed by atoms with Gasteiger partial charge in [-0.15, -0.1) is 0 Å². The molecule has 0 fully saturated rings. The van der Waals surface area contributed by atoms with E-state index in [1.165, 1.54) is 0 Å². The number of hydrogen-bond acceptors (Lipinski definition) is 4. The van der Waals surface area contributed by atoms with Gasteiger partial charge < -0.3 is 20.7 Å². The molecule has 0 aromatic heterocycles. The first-order valence-corrected chi connectivity index (χ1v) is 5.81. The third-order valence-electron chi connectivity index (χ3n) is 3.06. The zero-order valence-electron chi connectivity index (χ0n) is 10.2. The summed E-state index contributed by atoms with van der Waals surface area (Å²) in [5, 5.41) is 21.5. The van der Waals surface area contributed by atoms with Crippen LogP contribution >= 0.6 is 0 Å². The summed E-state index contributed by atoms with van der Waals surface area (Å²) >= 11 is 0. The molecule has 0 saturated heterocycles.